The van der Waals surface area contributed by atoms with Crippen molar-refractivity contribution in [2.45, 2.75) is 12.5 Å². The second-order valence-corrected chi connectivity index (χ2v) is 3.37. The monoisotopic (exact) mass is 177 g/mol. The van der Waals surface area contributed by atoms with Crippen LogP contribution in [0.4, 0.5) is 0 Å². The third-order valence-corrected chi connectivity index (χ3v) is 2.48. The molecule has 0 fully saturated rings. The summed E-state index contributed by atoms with van der Waals surface area (Å²) in [6.07, 6.45) is 1.30. The number of benzene rings is 1. The minimum atomic E-state index is 0.245. The van der Waals surface area contributed by atoms with Gasteiger partial charge < -0.3 is 10.1 Å². The smallest absolute Gasteiger partial charge is 0.0951 e. The fourth-order valence-electron chi connectivity index (χ4n) is 1.83. The molecule has 0 aromatic heterocycles. The SMILES string of the molecule is CNC[C@H]1OCCc2ccccc21. The van der Waals surface area contributed by atoms with E-state index in [0.717, 1.165) is 19.6 Å². The summed E-state index contributed by atoms with van der Waals surface area (Å²) in [4.78, 5) is 0. The summed E-state index contributed by atoms with van der Waals surface area (Å²) in [6.45, 7) is 1.75. The number of ether oxygens (including phenoxy) is 1. The van der Waals surface area contributed by atoms with Crippen LogP contribution in [-0.4, -0.2) is 20.2 Å². The maximum absolute atomic E-state index is 5.68. The third kappa shape index (κ3) is 1.74. The highest BCUT2D eigenvalue weighted by molar-refractivity contribution is 5.31. The molecule has 0 saturated carbocycles. The second kappa shape index (κ2) is 3.90. The van der Waals surface area contributed by atoms with E-state index in [4.69, 9.17) is 4.74 Å². The number of hydrogen-bond donors (Lipinski definition) is 1. The Morgan fingerprint density at radius 2 is 2.31 bits per heavy atom. The van der Waals surface area contributed by atoms with Crippen LogP contribution >= 0.6 is 0 Å². The van der Waals surface area contributed by atoms with Gasteiger partial charge in [-0.2, -0.15) is 0 Å². The molecule has 0 unspecified atom stereocenters. The molecule has 1 heterocycles. The van der Waals surface area contributed by atoms with E-state index in [1.165, 1.54) is 11.1 Å². The topological polar surface area (TPSA) is 21.3 Å². The van der Waals surface area contributed by atoms with Crippen molar-refractivity contribution in [1.82, 2.24) is 5.32 Å². The van der Waals surface area contributed by atoms with Gasteiger partial charge in [0.25, 0.3) is 0 Å². The van der Waals surface area contributed by atoms with E-state index in [1.807, 2.05) is 7.05 Å². The third-order valence-electron chi connectivity index (χ3n) is 2.48. The van der Waals surface area contributed by atoms with Crippen molar-refractivity contribution in [3.8, 4) is 0 Å². The summed E-state index contributed by atoms with van der Waals surface area (Å²) in [5, 5.41) is 3.15. The van der Waals surface area contributed by atoms with Gasteiger partial charge in [0.15, 0.2) is 0 Å². The average Bonchev–Trinajstić information content (AvgIpc) is 2.19. The summed E-state index contributed by atoms with van der Waals surface area (Å²) in [7, 11) is 1.96. The van der Waals surface area contributed by atoms with Gasteiger partial charge in [-0.15, -0.1) is 0 Å². The van der Waals surface area contributed by atoms with Gasteiger partial charge in [-0.3, -0.25) is 0 Å². The van der Waals surface area contributed by atoms with E-state index in [-0.39, 0.29) is 6.10 Å². The number of fused-ring (bicyclic) bond motifs is 1. The van der Waals surface area contributed by atoms with Crippen molar-refractivity contribution in [2.24, 2.45) is 0 Å². The first-order valence-corrected chi connectivity index (χ1v) is 4.76. The summed E-state index contributed by atoms with van der Waals surface area (Å²) >= 11 is 0. The zero-order valence-corrected chi connectivity index (χ0v) is 7.92. The van der Waals surface area contributed by atoms with Gasteiger partial charge in [0, 0.05) is 6.54 Å². The van der Waals surface area contributed by atoms with Gasteiger partial charge in [-0.25, -0.2) is 0 Å². The molecule has 1 aromatic rings. The standard InChI is InChI=1S/C11H15NO/c1-12-8-11-10-5-3-2-4-9(10)6-7-13-11/h2-5,11-12H,6-8H2,1H3/t11-/m1/s1. The summed E-state index contributed by atoms with van der Waals surface area (Å²) in [6, 6.07) is 8.54. The number of likely N-dealkylation sites (N-methyl/N-ethyl adjacent to an activating group) is 1. The van der Waals surface area contributed by atoms with E-state index in [9.17, 15) is 0 Å². The van der Waals surface area contributed by atoms with Crippen LogP contribution in [-0.2, 0) is 11.2 Å². The number of rotatable bonds is 2. The lowest BCUT2D eigenvalue weighted by molar-refractivity contribution is 0.0438. The Hall–Kier alpha value is -0.860. The van der Waals surface area contributed by atoms with Crippen molar-refractivity contribution in [1.29, 1.82) is 0 Å². The highest BCUT2D eigenvalue weighted by Gasteiger charge is 2.18. The molecule has 0 spiro atoms. The summed E-state index contributed by atoms with van der Waals surface area (Å²) < 4.78 is 5.68. The van der Waals surface area contributed by atoms with Crippen LogP contribution in [0.25, 0.3) is 0 Å². The molecule has 2 nitrogen and oxygen atoms in total. The van der Waals surface area contributed by atoms with Gasteiger partial charge in [0.05, 0.1) is 12.7 Å². The number of hydrogen-bond acceptors (Lipinski definition) is 2. The lowest BCUT2D eigenvalue weighted by Crippen LogP contribution is -2.25. The van der Waals surface area contributed by atoms with Crippen LogP contribution in [0.2, 0.25) is 0 Å². The molecular formula is C11H15NO. The number of nitrogens with one attached hydrogen (secondary N) is 1. The van der Waals surface area contributed by atoms with E-state index in [0.29, 0.717) is 0 Å². The molecular weight excluding hydrogens is 162 g/mol. The van der Waals surface area contributed by atoms with Crippen molar-refractivity contribution in [3.05, 3.63) is 35.4 Å². The van der Waals surface area contributed by atoms with Crippen molar-refractivity contribution in [3.63, 3.8) is 0 Å². The molecule has 0 saturated heterocycles. The summed E-state index contributed by atoms with van der Waals surface area (Å²) in [5.74, 6) is 0. The Kier molecular flexibility index (Phi) is 2.62. The van der Waals surface area contributed by atoms with Crippen LogP contribution < -0.4 is 5.32 Å². The molecule has 1 aliphatic heterocycles. The lowest BCUT2D eigenvalue weighted by Gasteiger charge is -2.25. The maximum Gasteiger partial charge on any atom is 0.0951 e. The maximum atomic E-state index is 5.68. The predicted molar refractivity (Wildman–Crippen MR) is 52.8 cm³/mol. The fraction of sp³-hybridized carbons (Fsp3) is 0.455. The minimum Gasteiger partial charge on any atom is -0.372 e. The zero-order chi connectivity index (χ0) is 9.10. The first kappa shape index (κ1) is 8.73. The van der Waals surface area contributed by atoms with Crippen molar-refractivity contribution >= 4 is 0 Å². The average molecular weight is 177 g/mol. The van der Waals surface area contributed by atoms with Crippen molar-refractivity contribution in [2.75, 3.05) is 20.2 Å². The second-order valence-electron chi connectivity index (χ2n) is 3.37. The highest BCUT2D eigenvalue weighted by Crippen LogP contribution is 2.25. The van der Waals surface area contributed by atoms with Crippen molar-refractivity contribution < 1.29 is 4.74 Å². The van der Waals surface area contributed by atoms with Gasteiger partial charge in [0.1, 0.15) is 0 Å². The minimum absolute atomic E-state index is 0.245. The quantitative estimate of drug-likeness (QED) is 0.739. The molecule has 1 N–H and O–H groups in total. The molecule has 13 heavy (non-hydrogen) atoms. The molecule has 0 radical (unpaired) electrons. The van der Waals surface area contributed by atoms with Gasteiger partial charge in [-0.1, -0.05) is 24.3 Å². The van der Waals surface area contributed by atoms with Crippen LogP contribution in [0.15, 0.2) is 24.3 Å². The Morgan fingerprint density at radius 3 is 3.15 bits per heavy atom. The Bertz CT molecular complexity index is 285. The molecule has 0 aliphatic carbocycles. The Morgan fingerprint density at radius 1 is 1.46 bits per heavy atom. The molecule has 1 atom stereocenters. The Balaban J connectivity index is 2.26. The lowest BCUT2D eigenvalue weighted by atomic mass is 9.98. The van der Waals surface area contributed by atoms with Crippen LogP contribution in [0.3, 0.4) is 0 Å². The van der Waals surface area contributed by atoms with E-state index >= 15 is 0 Å². The van der Waals surface area contributed by atoms with E-state index in [1.54, 1.807) is 0 Å². The van der Waals surface area contributed by atoms with Gasteiger partial charge in [-0.05, 0) is 24.6 Å². The first-order valence-electron chi connectivity index (χ1n) is 4.76. The molecule has 1 aromatic carbocycles. The van der Waals surface area contributed by atoms with E-state index in [2.05, 4.69) is 29.6 Å². The molecule has 2 rings (SSSR count). The van der Waals surface area contributed by atoms with Gasteiger partial charge in [0.2, 0.25) is 0 Å². The molecule has 2 heteroatoms. The molecule has 0 bridgehead atoms. The molecule has 70 valence electrons. The van der Waals surface area contributed by atoms with Gasteiger partial charge >= 0.3 is 0 Å². The summed E-state index contributed by atoms with van der Waals surface area (Å²) in [5.41, 5.74) is 2.79. The van der Waals surface area contributed by atoms with Crippen LogP contribution in [0.5, 0.6) is 0 Å². The molecule has 0 amide bonds. The Labute approximate surface area is 78.9 Å². The largest absolute Gasteiger partial charge is 0.372 e. The predicted octanol–water partition coefficient (Wildman–Crippen LogP) is 1.52. The van der Waals surface area contributed by atoms with Crippen LogP contribution in [0, 0.1) is 0 Å². The first-order chi connectivity index (χ1) is 6.42. The fourth-order valence-corrected chi connectivity index (χ4v) is 1.83. The molecule has 1 aliphatic rings. The van der Waals surface area contributed by atoms with E-state index < -0.39 is 0 Å². The zero-order valence-electron chi connectivity index (χ0n) is 7.92. The highest BCUT2D eigenvalue weighted by atomic mass is 16.5. The van der Waals surface area contributed by atoms with Crippen LogP contribution in [0.1, 0.15) is 17.2 Å². The normalized spacial score (nSPS) is 21.2.